The van der Waals surface area contributed by atoms with E-state index >= 15 is 0 Å². The van der Waals surface area contributed by atoms with Crippen molar-refractivity contribution in [3.8, 4) is 16.3 Å². The van der Waals surface area contributed by atoms with Gasteiger partial charge < -0.3 is 14.5 Å². The molecular weight excluding hydrogens is 360 g/mol. The third-order valence-electron chi connectivity index (χ3n) is 4.66. The van der Waals surface area contributed by atoms with Gasteiger partial charge in [0.05, 0.1) is 7.11 Å². The molecule has 0 bridgehead atoms. The Morgan fingerprint density at radius 2 is 1.74 bits per heavy atom. The van der Waals surface area contributed by atoms with Crippen molar-refractivity contribution in [2.45, 2.75) is 0 Å². The first-order valence-corrected chi connectivity index (χ1v) is 9.67. The van der Waals surface area contributed by atoms with E-state index in [2.05, 4.69) is 14.9 Å². The summed E-state index contributed by atoms with van der Waals surface area (Å²) in [5.41, 5.74) is 2.65. The fourth-order valence-electron chi connectivity index (χ4n) is 3.12. The number of carbonyl (C=O) groups excluding carboxylic acids is 1. The molecular formula is C20H20N4O2S. The van der Waals surface area contributed by atoms with Crippen LogP contribution in [0.2, 0.25) is 0 Å². The summed E-state index contributed by atoms with van der Waals surface area (Å²) in [7, 11) is 1.64. The van der Waals surface area contributed by atoms with E-state index in [0.717, 1.165) is 35.1 Å². The monoisotopic (exact) mass is 380 g/mol. The van der Waals surface area contributed by atoms with Gasteiger partial charge in [-0.3, -0.25) is 9.78 Å². The normalized spacial score (nSPS) is 14.3. The number of anilines is 1. The van der Waals surface area contributed by atoms with E-state index in [9.17, 15) is 4.79 Å². The van der Waals surface area contributed by atoms with Crippen molar-refractivity contribution < 1.29 is 9.53 Å². The zero-order valence-electron chi connectivity index (χ0n) is 15.0. The van der Waals surface area contributed by atoms with Crippen LogP contribution in [0, 0.1) is 0 Å². The molecule has 1 fully saturated rings. The van der Waals surface area contributed by atoms with E-state index in [4.69, 9.17) is 4.74 Å². The zero-order valence-corrected chi connectivity index (χ0v) is 15.9. The second-order valence-corrected chi connectivity index (χ2v) is 7.11. The maximum absolute atomic E-state index is 12.8. The SMILES string of the molecule is COc1ccc(-c2nc(C(=O)N3CCN(c4ccncc4)CC3)cs2)cc1. The fourth-order valence-corrected chi connectivity index (χ4v) is 3.92. The highest BCUT2D eigenvalue weighted by atomic mass is 32.1. The standard InChI is InChI=1S/C20H20N4O2S/c1-26-17-4-2-15(3-5-17)19-22-18(14-27-19)20(25)24-12-10-23(11-13-24)16-6-8-21-9-7-16/h2-9,14H,10-13H2,1H3. The number of methoxy groups -OCH3 is 1. The average molecular weight is 380 g/mol. The minimum Gasteiger partial charge on any atom is -0.497 e. The number of benzene rings is 1. The Kier molecular flexibility index (Phi) is 5.02. The minimum absolute atomic E-state index is 0.000361. The number of hydrogen-bond donors (Lipinski definition) is 0. The number of piperazine rings is 1. The molecule has 1 saturated heterocycles. The Hall–Kier alpha value is -2.93. The van der Waals surface area contributed by atoms with Crippen molar-refractivity contribution in [1.82, 2.24) is 14.9 Å². The molecule has 0 N–H and O–H groups in total. The van der Waals surface area contributed by atoms with E-state index in [-0.39, 0.29) is 5.91 Å². The van der Waals surface area contributed by atoms with E-state index in [1.165, 1.54) is 11.3 Å². The second kappa shape index (κ2) is 7.75. The largest absolute Gasteiger partial charge is 0.497 e. The molecule has 1 aliphatic rings. The van der Waals surface area contributed by atoms with Crippen molar-refractivity contribution in [3.63, 3.8) is 0 Å². The van der Waals surface area contributed by atoms with E-state index in [0.29, 0.717) is 18.8 Å². The van der Waals surface area contributed by atoms with Crippen LogP contribution in [0.25, 0.3) is 10.6 Å². The molecule has 1 aromatic carbocycles. The van der Waals surface area contributed by atoms with Gasteiger partial charge in [0.1, 0.15) is 16.5 Å². The molecule has 0 saturated carbocycles. The topological polar surface area (TPSA) is 58.6 Å². The van der Waals surface area contributed by atoms with Gasteiger partial charge in [0, 0.05) is 55.2 Å². The Bertz CT molecular complexity index is 903. The maximum Gasteiger partial charge on any atom is 0.273 e. The first-order chi connectivity index (χ1) is 13.2. The molecule has 4 rings (SSSR count). The second-order valence-electron chi connectivity index (χ2n) is 6.25. The van der Waals surface area contributed by atoms with Gasteiger partial charge in [-0.15, -0.1) is 11.3 Å². The molecule has 0 atom stereocenters. The third-order valence-corrected chi connectivity index (χ3v) is 5.55. The van der Waals surface area contributed by atoms with Crippen molar-refractivity contribution in [1.29, 1.82) is 0 Å². The molecule has 0 spiro atoms. The van der Waals surface area contributed by atoms with Gasteiger partial charge in [-0.25, -0.2) is 4.98 Å². The third kappa shape index (κ3) is 3.78. The van der Waals surface area contributed by atoms with Gasteiger partial charge in [0.2, 0.25) is 0 Å². The van der Waals surface area contributed by atoms with Crippen molar-refractivity contribution in [2.24, 2.45) is 0 Å². The Morgan fingerprint density at radius 1 is 1.04 bits per heavy atom. The lowest BCUT2D eigenvalue weighted by molar-refractivity contribution is 0.0742. The number of nitrogens with zero attached hydrogens (tertiary/aromatic N) is 4. The predicted octanol–water partition coefficient (Wildman–Crippen LogP) is 3.18. The zero-order chi connectivity index (χ0) is 18.6. The summed E-state index contributed by atoms with van der Waals surface area (Å²) in [5, 5.41) is 2.69. The van der Waals surface area contributed by atoms with Crippen LogP contribution in [0.5, 0.6) is 5.75 Å². The molecule has 1 amide bonds. The van der Waals surface area contributed by atoms with Crippen LogP contribution in [0.3, 0.4) is 0 Å². The van der Waals surface area contributed by atoms with Crippen LogP contribution >= 0.6 is 11.3 Å². The number of pyridine rings is 1. The number of carbonyl (C=O) groups is 1. The lowest BCUT2D eigenvalue weighted by Gasteiger charge is -2.35. The summed E-state index contributed by atoms with van der Waals surface area (Å²) < 4.78 is 5.18. The summed E-state index contributed by atoms with van der Waals surface area (Å²) >= 11 is 1.49. The van der Waals surface area contributed by atoms with Crippen LogP contribution in [0.4, 0.5) is 5.69 Å². The highest BCUT2D eigenvalue weighted by Gasteiger charge is 2.24. The summed E-state index contributed by atoms with van der Waals surface area (Å²) in [4.78, 5) is 25.6. The van der Waals surface area contributed by atoms with Crippen molar-refractivity contribution in [3.05, 3.63) is 59.9 Å². The molecule has 138 valence electrons. The Balaban J connectivity index is 1.41. The molecule has 0 unspecified atom stereocenters. The van der Waals surface area contributed by atoms with Gasteiger partial charge in [0.25, 0.3) is 5.91 Å². The molecule has 0 radical (unpaired) electrons. The van der Waals surface area contributed by atoms with Crippen LogP contribution in [0.15, 0.2) is 54.2 Å². The van der Waals surface area contributed by atoms with Crippen LogP contribution < -0.4 is 9.64 Å². The van der Waals surface area contributed by atoms with Crippen molar-refractivity contribution in [2.75, 3.05) is 38.2 Å². The highest BCUT2D eigenvalue weighted by Crippen LogP contribution is 2.26. The first kappa shape index (κ1) is 17.5. The van der Waals surface area contributed by atoms with Gasteiger partial charge in [-0.1, -0.05) is 0 Å². The Morgan fingerprint density at radius 3 is 2.41 bits per heavy atom. The maximum atomic E-state index is 12.8. The minimum atomic E-state index is 0.000361. The summed E-state index contributed by atoms with van der Waals surface area (Å²) in [6, 6.07) is 11.7. The van der Waals surface area contributed by atoms with E-state index in [1.54, 1.807) is 19.5 Å². The lowest BCUT2D eigenvalue weighted by Crippen LogP contribution is -2.48. The van der Waals surface area contributed by atoms with Gasteiger partial charge >= 0.3 is 0 Å². The summed E-state index contributed by atoms with van der Waals surface area (Å²) in [6.45, 7) is 3.00. The number of amides is 1. The van der Waals surface area contributed by atoms with E-state index < -0.39 is 0 Å². The summed E-state index contributed by atoms with van der Waals surface area (Å²) in [6.07, 6.45) is 3.59. The van der Waals surface area contributed by atoms with Crippen LogP contribution in [-0.2, 0) is 0 Å². The molecule has 1 aliphatic heterocycles. The smallest absolute Gasteiger partial charge is 0.273 e. The number of rotatable bonds is 4. The summed E-state index contributed by atoms with van der Waals surface area (Å²) in [5.74, 6) is 0.805. The average Bonchev–Trinajstić information content (AvgIpc) is 3.24. The van der Waals surface area contributed by atoms with Crippen LogP contribution in [0.1, 0.15) is 10.5 Å². The Labute approximate surface area is 162 Å². The quantitative estimate of drug-likeness (QED) is 0.696. The molecule has 7 heteroatoms. The van der Waals surface area contributed by atoms with E-state index in [1.807, 2.05) is 46.7 Å². The van der Waals surface area contributed by atoms with Crippen molar-refractivity contribution >= 4 is 22.9 Å². The lowest BCUT2D eigenvalue weighted by atomic mass is 10.2. The molecule has 27 heavy (non-hydrogen) atoms. The number of ether oxygens (including phenoxy) is 1. The van der Waals surface area contributed by atoms with Gasteiger partial charge in [-0.05, 0) is 36.4 Å². The predicted molar refractivity (Wildman–Crippen MR) is 106 cm³/mol. The highest BCUT2D eigenvalue weighted by molar-refractivity contribution is 7.13. The fraction of sp³-hybridized carbons (Fsp3) is 0.250. The number of aromatic nitrogens is 2. The molecule has 0 aliphatic carbocycles. The molecule has 6 nitrogen and oxygen atoms in total. The number of hydrogen-bond acceptors (Lipinski definition) is 6. The molecule has 3 heterocycles. The molecule has 2 aromatic heterocycles. The van der Waals surface area contributed by atoms with Crippen LogP contribution in [-0.4, -0.2) is 54.1 Å². The first-order valence-electron chi connectivity index (χ1n) is 8.79. The molecule has 3 aromatic rings. The number of thiazole rings is 1. The van der Waals surface area contributed by atoms with Gasteiger partial charge in [-0.2, -0.15) is 0 Å². The van der Waals surface area contributed by atoms with Gasteiger partial charge in [0.15, 0.2) is 0 Å².